The third-order valence-corrected chi connectivity index (χ3v) is 2.82. The summed E-state index contributed by atoms with van der Waals surface area (Å²) >= 11 is 0. The molecule has 22 heavy (non-hydrogen) atoms. The molecule has 0 bridgehead atoms. The average Bonchev–Trinajstić information content (AvgIpc) is 3.01. The SMILES string of the molecule is O=C(NCCc1ccoc1)C(=O)Nc1ccc([N+](=O)[O-])cc1. The molecule has 0 atom stereocenters. The first-order chi connectivity index (χ1) is 10.6. The molecule has 1 aromatic carbocycles. The molecule has 0 aliphatic rings. The summed E-state index contributed by atoms with van der Waals surface area (Å²) in [4.78, 5) is 33.2. The molecule has 114 valence electrons. The molecule has 0 spiro atoms. The van der Waals surface area contributed by atoms with E-state index < -0.39 is 16.7 Å². The van der Waals surface area contributed by atoms with Crippen LogP contribution in [-0.2, 0) is 16.0 Å². The lowest BCUT2D eigenvalue weighted by Crippen LogP contribution is -2.36. The lowest BCUT2D eigenvalue weighted by Gasteiger charge is -2.05. The Bertz CT molecular complexity index is 664. The number of rotatable bonds is 5. The number of hydrogen-bond acceptors (Lipinski definition) is 5. The summed E-state index contributed by atoms with van der Waals surface area (Å²) in [5.41, 5.74) is 1.12. The Morgan fingerprint density at radius 3 is 2.45 bits per heavy atom. The van der Waals surface area contributed by atoms with Crippen LogP contribution in [0.5, 0.6) is 0 Å². The number of non-ortho nitro benzene ring substituents is 1. The van der Waals surface area contributed by atoms with Gasteiger partial charge in [0.2, 0.25) is 0 Å². The highest BCUT2D eigenvalue weighted by molar-refractivity contribution is 6.39. The Kier molecular flexibility index (Phi) is 4.86. The zero-order valence-corrected chi connectivity index (χ0v) is 11.4. The van der Waals surface area contributed by atoms with Crippen LogP contribution in [0.4, 0.5) is 11.4 Å². The van der Waals surface area contributed by atoms with Crippen LogP contribution in [0.25, 0.3) is 0 Å². The standard InChI is InChI=1S/C14H13N3O5/c18-13(15-7-5-10-6-8-22-9-10)14(19)16-11-1-3-12(4-2-11)17(20)21/h1-4,6,8-9H,5,7H2,(H,15,18)(H,16,19). The van der Waals surface area contributed by atoms with Gasteiger partial charge in [0.05, 0.1) is 17.4 Å². The van der Waals surface area contributed by atoms with Crippen molar-refractivity contribution >= 4 is 23.2 Å². The maximum atomic E-state index is 11.6. The molecule has 0 fully saturated rings. The number of nitro groups is 1. The molecule has 2 N–H and O–H groups in total. The summed E-state index contributed by atoms with van der Waals surface area (Å²) in [6.07, 6.45) is 3.63. The van der Waals surface area contributed by atoms with Crippen LogP contribution in [0.15, 0.2) is 47.3 Å². The van der Waals surface area contributed by atoms with E-state index in [0.29, 0.717) is 18.7 Å². The van der Waals surface area contributed by atoms with Crippen molar-refractivity contribution in [2.45, 2.75) is 6.42 Å². The third kappa shape index (κ3) is 4.17. The van der Waals surface area contributed by atoms with Gasteiger partial charge in [-0.2, -0.15) is 0 Å². The van der Waals surface area contributed by atoms with Gasteiger partial charge in [-0.15, -0.1) is 0 Å². The van der Waals surface area contributed by atoms with Gasteiger partial charge in [0.15, 0.2) is 0 Å². The highest BCUT2D eigenvalue weighted by Crippen LogP contribution is 2.15. The minimum atomic E-state index is -0.832. The normalized spacial score (nSPS) is 10.0. The van der Waals surface area contributed by atoms with Crippen molar-refractivity contribution in [1.82, 2.24) is 5.32 Å². The molecule has 0 saturated carbocycles. The molecule has 1 heterocycles. The van der Waals surface area contributed by atoms with Crippen LogP contribution >= 0.6 is 0 Å². The zero-order chi connectivity index (χ0) is 15.9. The quantitative estimate of drug-likeness (QED) is 0.493. The molecule has 8 nitrogen and oxygen atoms in total. The summed E-state index contributed by atoms with van der Waals surface area (Å²) < 4.78 is 4.89. The predicted molar refractivity (Wildman–Crippen MR) is 77.1 cm³/mol. The highest BCUT2D eigenvalue weighted by Gasteiger charge is 2.13. The Morgan fingerprint density at radius 2 is 1.86 bits per heavy atom. The first-order valence-electron chi connectivity index (χ1n) is 6.41. The van der Waals surface area contributed by atoms with Gasteiger partial charge in [-0.1, -0.05) is 0 Å². The van der Waals surface area contributed by atoms with Crippen LogP contribution < -0.4 is 10.6 Å². The van der Waals surface area contributed by atoms with Gasteiger partial charge in [0.25, 0.3) is 5.69 Å². The number of carbonyl (C=O) groups is 2. The molecule has 0 saturated heterocycles. The number of nitro benzene ring substituents is 1. The van der Waals surface area contributed by atoms with Crippen molar-refractivity contribution in [3.05, 3.63) is 58.5 Å². The second-order valence-electron chi connectivity index (χ2n) is 4.40. The Morgan fingerprint density at radius 1 is 1.14 bits per heavy atom. The second-order valence-corrected chi connectivity index (χ2v) is 4.40. The van der Waals surface area contributed by atoms with E-state index >= 15 is 0 Å². The van der Waals surface area contributed by atoms with Crippen LogP contribution in [0, 0.1) is 10.1 Å². The minimum absolute atomic E-state index is 0.0948. The Hall–Kier alpha value is -3.16. The zero-order valence-electron chi connectivity index (χ0n) is 11.4. The van der Waals surface area contributed by atoms with Crippen molar-refractivity contribution in [1.29, 1.82) is 0 Å². The van der Waals surface area contributed by atoms with E-state index in [1.54, 1.807) is 12.3 Å². The first kappa shape index (κ1) is 15.2. The number of nitrogens with zero attached hydrogens (tertiary/aromatic N) is 1. The molecule has 8 heteroatoms. The van der Waals surface area contributed by atoms with Gasteiger partial charge in [0, 0.05) is 24.4 Å². The summed E-state index contributed by atoms with van der Waals surface area (Å²) in [7, 11) is 0. The molecule has 0 radical (unpaired) electrons. The number of benzene rings is 1. The van der Waals surface area contributed by atoms with E-state index in [1.165, 1.54) is 30.5 Å². The number of hydrogen-bond donors (Lipinski definition) is 2. The number of amides is 2. The fourth-order valence-electron chi connectivity index (χ4n) is 1.69. The Labute approximate surface area is 125 Å². The molecular weight excluding hydrogens is 290 g/mol. The second kappa shape index (κ2) is 7.02. The van der Waals surface area contributed by atoms with Crippen LogP contribution in [0.3, 0.4) is 0 Å². The van der Waals surface area contributed by atoms with Crippen LogP contribution in [0.1, 0.15) is 5.56 Å². The maximum Gasteiger partial charge on any atom is 0.313 e. The molecule has 0 aliphatic heterocycles. The number of nitrogens with one attached hydrogen (secondary N) is 2. The van der Waals surface area contributed by atoms with Crippen LogP contribution in [-0.4, -0.2) is 23.3 Å². The predicted octanol–water partition coefficient (Wildman–Crippen LogP) is 1.49. The van der Waals surface area contributed by atoms with Gasteiger partial charge in [-0.25, -0.2) is 0 Å². The van der Waals surface area contributed by atoms with Gasteiger partial charge < -0.3 is 15.1 Å². The van der Waals surface area contributed by atoms with Gasteiger partial charge in [0.1, 0.15) is 0 Å². The molecule has 2 rings (SSSR count). The minimum Gasteiger partial charge on any atom is -0.472 e. The molecule has 2 aromatic rings. The third-order valence-electron chi connectivity index (χ3n) is 2.82. The number of anilines is 1. The van der Waals surface area contributed by atoms with E-state index in [2.05, 4.69) is 10.6 Å². The van der Waals surface area contributed by atoms with E-state index in [4.69, 9.17) is 4.42 Å². The smallest absolute Gasteiger partial charge is 0.313 e. The summed E-state index contributed by atoms with van der Waals surface area (Å²) in [5, 5.41) is 15.3. The van der Waals surface area contributed by atoms with E-state index in [1.807, 2.05) is 0 Å². The van der Waals surface area contributed by atoms with Gasteiger partial charge in [-0.05, 0) is 30.2 Å². The van der Waals surface area contributed by atoms with Crippen molar-refractivity contribution in [2.24, 2.45) is 0 Å². The summed E-state index contributed by atoms with van der Waals surface area (Å²) in [6.45, 7) is 0.298. The maximum absolute atomic E-state index is 11.6. The lowest BCUT2D eigenvalue weighted by atomic mass is 10.2. The molecule has 1 aromatic heterocycles. The molecule has 2 amide bonds. The first-order valence-corrected chi connectivity index (χ1v) is 6.41. The summed E-state index contributed by atoms with van der Waals surface area (Å²) in [6, 6.07) is 6.96. The van der Waals surface area contributed by atoms with Crippen LogP contribution in [0.2, 0.25) is 0 Å². The van der Waals surface area contributed by atoms with Gasteiger partial charge >= 0.3 is 11.8 Å². The van der Waals surface area contributed by atoms with Crippen molar-refractivity contribution in [3.63, 3.8) is 0 Å². The van der Waals surface area contributed by atoms with Crippen molar-refractivity contribution in [2.75, 3.05) is 11.9 Å². The molecule has 0 unspecified atom stereocenters. The number of furan rings is 1. The fourth-order valence-corrected chi connectivity index (χ4v) is 1.69. The van der Waals surface area contributed by atoms with Crippen molar-refractivity contribution in [3.8, 4) is 0 Å². The molecule has 0 aliphatic carbocycles. The summed E-state index contributed by atoms with van der Waals surface area (Å²) in [5.74, 6) is -1.61. The highest BCUT2D eigenvalue weighted by atomic mass is 16.6. The number of carbonyl (C=O) groups excluding carboxylic acids is 2. The van der Waals surface area contributed by atoms with Crippen molar-refractivity contribution < 1.29 is 18.9 Å². The monoisotopic (exact) mass is 303 g/mol. The lowest BCUT2D eigenvalue weighted by molar-refractivity contribution is -0.384. The fraction of sp³-hybridized carbons (Fsp3) is 0.143. The van der Waals surface area contributed by atoms with E-state index in [9.17, 15) is 19.7 Å². The Balaban J connectivity index is 1.80. The van der Waals surface area contributed by atoms with E-state index in [-0.39, 0.29) is 5.69 Å². The largest absolute Gasteiger partial charge is 0.472 e. The topological polar surface area (TPSA) is 114 Å². The molecular formula is C14H13N3O5. The van der Waals surface area contributed by atoms with E-state index in [0.717, 1.165) is 5.56 Å². The average molecular weight is 303 g/mol. The van der Waals surface area contributed by atoms with Gasteiger partial charge in [-0.3, -0.25) is 19.7 Å².